The molecule has 0 radical (unpaired) electrons. The number of carbonyl (C=O) groups excluding carboxylic acids is 2. The van der Waals surface area contributed by atoms with E-state index < -0.39 is 5.92 Å². The van der Waals surface area contributed by atoms with Crippen LogP contribution < -0.4 is 15.4 Å². The molecule has 0 saturated carbocycles. The van der Waals surface area contributed by atoms with Crippen LogP contribution in [0.25, 0.3) is 0 Å². The van der Waals surface area contributed by atoms with Crippen LogP contribution in [-0.4, -0.2) is 18.4 Å². The highest BCUT2D eigenvalue weighted by Crippen LogP contribution is 2.36. The smallest absolute Gasteiger partial charge is 0.262 e. The van der Waals surface area contributed by atoms with Gasteiger partial charge in [0.15, 0.2) is 12.4 Å². The molecule has 1 aliphatic heterocycles. The molecule has 28 heavy (non-hydrogen) atoms. The maximum atomic E-state index is 13.2. The normalized spacial score (nSPS) is 13.8. The lowest BCUT2D eigenvalue weighted by molar-refractivity contribution is -0.118. The van der Waals surface area contributed by atoms with Crippen LogP contribution in [0.2, 0.25) is 0 Å². The fraction of sp³-hybridized carbons (Fsp3) is 0.182. The van der Waals surface area contributed by atoms with Gasteiger partial charge in [-0.05, 0) is 36.8 Å². The van der Waals surface area contributed by atoms with Crippen molar-refractivity contribution in [1.29, 1.82) is 0 Å². The minimum absolute atomic E-state index is 0.0757. The second-order valence-corrected chi connectivity index (χ2v) is 6.76. The molecule has 0 aliphatic carbocycles. The number of anilines is 2. The first-order valence-corrected chi connectivity index (χ1v) is 9.05. The average molecular weight is 376 g/mol. The summed E-state index contributed by atoms with van der Waals surface area (Å²) in [6.45, 7) is 1.93. The Morgan fingerprint density at radius 3 is 2.71 bits per heavy atom. The molecule has 6 nitrogen and oxygen atoms in total. The maximum Gasteiger partial charge on any atom is 0.262 e. The summed E-state index contributed by atoms with van der Waals surface area (Å²) in [5, 5.41) is 5.70. The summed E-state index contributed by atoms with van der Waals surface area (Å²) < 4.78 is 11.0. The number of ether oxygens (including phenoxy) is 1. The molecule has 2 aromatic carbocycles. The van der Waals surface area contributed by atoms with Crippen LogP contribution in [0.3, 0.4) is 0 Å². The van der Waals surface area contributed by atoms with Gasteiger partial charge in [0, 0.05) is 6.42 Å². The fourth-order valence-corrected chi connectivity index (χ4v) is 3.22. The van der Waals surface area contributed by atoms with E-state index in [-0.39, 0.29) is 18.4 Å². The van der Waals surface area contributed by atoms with Gasteiger partial charge in [0.05, 0.1) is 23.6 Å². The summed E-state index contributed by atoms with van der Waals surface area (Å²) in [6, 6.07) is 16.8. The van der Waals surface area contributed by atoms with Gasteiger partial charge in [-0.25, -0.2) is 0 Å². The van der Waals surface area contributed by atoms with Gasteiger partial charge in [-0.15, -0.1) is 0 Å². The van der Waals surface area contributed by atoms with Gasteiger partial charge in [0.1, 0.15) is 5.76 Å². The highest BCUT2D eigenvalue weighted by molar-refractivity contribution is 6.01. The number of rotatable bonds is 5. The van der Waals surface area contributed by atoms with Crippen LogP contribution in [0.4, 0.5) is 11.4 Å². The van der Waals surface area contributed by atoms with E-state index in [9.17, 15) is 9.59 Å². The number of aryl methyl sites for hydroxylation is 1. The predicted molar refractivity (Wildman–Crippen MR) is 106 cm³/mol. The van der Waals surface area contributed by atoms with E-state index >= 15 is 0 Å². The Hall–Kier alpha value is -3.54. The molecule has 4 rings (SSSR count). The molecule has 1 unspecified atom stereocenters. The van der Waals surface area contributed by atoms with E-state index in [1.165, 1.54) is 0 Å². The second kappa shape index (κ2) is 7.60. The molecular weight excluding hydrogens is 356 g/mol. The van der Waals surface area contributed by atoms with E-state index in [4.69, 9.17) is 9.15 Å². The highest BCUT2D eigenvalue weighted by atomic mass is 16.5. The van der Waals surface area contributed by atoms with Gasteiger partial charge < -0.3 is 19.8 Å². The number of amides is 2. The molecule has 1 atom stereocenters. The first kappa shape index (κ1) is 17.9. The molecule has 0 spiro atoms. The lowest BCUT2D eigenvalue weighted by atomic mass is 9.93. The number of para-hydroxylation sites is 1. The van der Waals surface area contributed by atoms with Crippen LogP contribution in [0.5, 0.6) is 5.75 Å². The summed E-state index contributed by atoms with van der Waals surface area (Å²) in [4.78, 5) is 24.7. The largest absolute Gasteiger partial charge is 0.479 e. The number of furan rings is 1. The first-order chi connectivity index (χ1) is 13.6. The van der Waals surface area contributed by atoms with Gasteiger partial charge in [-0.1, -0.05) is 35.9 Å². The van der Waals surface area contributed by atoms with Gasteiger partial charge in [-0.3, -0.25) is 9.59 Å². The Bertz CT molecular complexity index is 994. The zero-order valence-electron chi connectivity index (χ0n) is 15.4. The van der Waals surface area contributed by atoms with Gasteiger partial charge in [-0.2, -0.15) is 0 Å². The summed E-state index contributed by atoms with van der Waals surface area (Å²) in [7, 11) is 0. The Morgan fingerprint density at radius 2 is 1.96 bits per heavy atom. The van der Waals surface area contributed by atoms with E-state index in [1.54, 1.807) is 24.5 Å². The Labute approximate surface area is 162 Å². The van der Waals surface area contributed by atoms with Crippen molar-refractivity contribution >= 4 is 23.2 Å². The molecule has 6 heteroatoms. The molecule has 1 aromatic heterocycles. The van der Waals surface area contributed by atoms with Crippen molar-refractivity contribution in [3.63, 3.8) is 0 Å². The Morgan fingerprint density at radius 1 is 1.14 bits per heavy atom. The van der Waals surface area contributed by atoms with Gasteiger partial charge in [0.2, 0.25) is 5.91 Å². The topological polar surface area (TPSA) is 80.6 Å². The van der Waals surface area contributed by atoms with E-state index in [0.29, 0.717) is 23.5 Å². The summed E-state index contributed by atoms with van der Waals surface area (Å²) in [5.41, 5.74) is 3.10. The number of fused-ring (bicyclic) bond motifs is 1. The van der Waals surface area contributed by atoms with Gasteiger partial charge in [0.25, 0.3) is 5.91 Å². The van der Waals surface area contributed by atoms with Crippen LogP contribution >= 0.6 is 0 Å². The number of hydrogen-bond acceptors (Lipinski definition) is 4. The molecule has 0 fully saturated rings. The third-order valence-corrected chi connectivity index (χ3v) is 4.68. The zero-order chi connectivity index (χ0) is 19.5. The number of nitrogens with one attached hydrogen (secondary N) is 2. The second-order valence-electron chi connectivity index (χ2n) is 6.76. The van der Waals surface area contributed by atoms with Crippen molar-refractivity contribution in [2.24, 2.45) is 0 Å². The molecule has 2 N–H and O–H groups in total. The van der Waals surface area contributed by atoms with E-state index in [0.717, 1.165) is 16.9 Å². The predicted octanol–water partition coefficient (Wildman–Crippen LogP) is 3.88. The minimum atomic E-state index is -0.430. The first-order valence-electron chi connectivity index (χ1n) is 9.05. The van der Waals surface area contributed by atoms with Crippen molar-refractivity contribution in [3.8, 4) is 5.75 Å². The molecule has 142 valence electrons. The standard InChI is InChI=1S/C22H20N2O4/c1-14-7-9-15(10-8-14)17(12-16-4-3-11-27-16)22(26)24-19-6-2-5-18-21(19)28-13-20(25)23-18/h2-11,17H,12-13H2,1H3,(H,23,25)(H,24,26). The summed E-state index contributed by atoms with van der Waals surface area (Å²) >= 11 is 0. The van der Waals surface area contributed by atoms with Crippen LogP contribution in [0.15, 0.2) is 65.3 Å². The molecular formula is C22H20N2O4. The van der Waals surface area contributed by atoms with E-state index in [1.807, 2.05) is 43.3 Å². The molecule has 3 aromatic rings. The number of benzene rings is 2. The third kappa shape index (κ3) is 3.76. The summed E-state index contributed by atoms with van der Waals surface area (Å²) in [6.07, 6.45) is 2.04. The van der Waals surface area contributed by atoms with Crippen LogP contribution in [0, 0.1) is 6.92 Å². The average Bonchev–Trinajstić information content (AvgIpc) is 3.20. The van der Waals surface area contributed by atoms with Crippen molar-refractivity contribution in [3.05, 3.63) is 77.7 Å². The Kier molecular flexibility index (Phi) is 4.85. The van der Waals surface area contributed by atoms with Crippen molar-refractivity contribution in [2.75, 3.05) is 17.2 Å². The minimum Gasteiger partial charge on any atom is -0.479 e. The molecule has 2 amide bonds. The quantitative estimate of drug-likeness (QED) is 0.708. The van der Waals surface area contributed by atoms with Crippen molar-refractivity contribution in [2.45, 2.75) is 19.3 Å². The SMILES string of the molecule is Cc1ccc(C(Cc2ccco2)C(=O)Nc2cccc3c2OCC(=O)N3)cc1. The third-order valence-electron chi connectivity index (χ3n) is 4.68. The number of hydrogen-bond donors (Lipinski definition) is 2. The van der Waals surface area contributed by atoms with E-state index in [2.05, 4.69) is 10.6 Å². The van der Waals surface area contributed by atoms with Crippen molar-refractivity contribution < 1.29 is 18.7 Å². The molecule has 2 heterocycles. The number of carbonyl (C=O) groups is 2. The van der Waals surface area contributed by atoms with Crippen LogP contribution in [0.1, 0.15) is 22.8 Å². The van der Waals surface area contributed by atoms with Crippen LogP contribution in [-0.2, 0) is 16.0 Å². The fourth-order valence-electron chi connectivity index (χ4n) is 3.22. The Balaban J connectivity index is 1.62. The monoisotopic (exact) mass is 376 g/mol. The molecule has 0 saturated heterocycles. The zero-order valence-corrected chi connectivity index (χ0v) is 15.4. The lowest BCUT2D eigenvalue weighted by Gasteiger charge is -2.22. The molecule has 1 aliphatic rings. The summed E-state index contributed by atoms with van der Waals surface area (Å²) in [5.74, 6) is 0.386. The lowest BCUT2D eigenvalue weighted by Crippen LogP contribution is -2.27. The van der Waals surface area contributed by atoms with Gasteiger partial charge >= 0.3 is 0 Å². The maximum absolute atomic E-state index is 13.2. The van der Waals surface area contributed by atoms with Crippen molar-refractivity contribution in [1.82, 2.24) is 0 Å². The molecule has 0 bridgehead atoms. The highest BCUT2D eigenvalue weighted by Gasteiger charge is 2.25.